The molecule has 6 heteroatoms. The standard InChI is InChI=1S/C24H46N2O4/c1-3-4-5-6-12-15-18-22(27)26-21-23(28)25-20-17-14-11-9-7-8-10-13-16-19-24(29)30-2/h3-21H2,1-2H3,(H,25,28)(H,26,27). The number of esters is 1. The lowest BCUT2D eigenvalue weighted by Crippen LogP contribution is -2.37. The van der Waals surface area contributed by atoms with Crippen LogP contribution in [-0.2, 0) is 19.1 Å². The van der Waals surface area contributed by atoms with Crippen LogP contribution < -0.4 is 10.6 Å². The van der Waals surface area contributed by atoms with E-state index < -0.39 is 0 Å². The third-order valence-corrected chi connectivity index (χ3v) is 5.31. The van der Waals surface area contributed by atoms with Crippen LogP contribution in [-0.4, -0.2) is 38.0 Å². The second-order valence-electron chi connectivity index (χ2n) is 8.15. The van der Waals surface area contributed by atoms with Gasteiger partial charge in [0.25, 0.3) is 0 Å². The van der Waals surface area contributed by atoms with E-state index in [2.05, 4.69) is 22.3 Å². The molecule has 2 amide bonds. The van der Waals surface area contributed by atoms with E-state index in [1.54, 1.807) is 0 Å². The summed E-state index contributed by atoms with van der Waals surface area (Å²) in [6.07, 6.45) is 18.2. The first-order chi connectivity index (χ1) is 14.6. The third-order valence-electron chi connectivity index (χ3n) is 5.31. The Balaban J connectivity index is 3.31. The Kier molecular flexibility index (Phi) is 20.9. The van der Waals surface area contributed by atoms with Crippen LogP contribution in [0.5, 0.6) is 0 Å². The lowest BCUT2D eigenvalue weighted by molar-refractivity contribution is -0.140. The predicted molar refractivity (Wildman–Crippen MR) is 122 cm³/mol. The van der Waals surface area contributed by atoms with E-state index in [1.807, 2.05) is 0 Å². The smallest absolute Gasteiger partial charge is 0.305 e. The maximum atomic E-state index is 11.8. The Bertz CT molecular complexity index is 441. The lowest BCUT2D eigenvalue weighted by Gasteiger charge is -2.07. The molecule has 30 heavy (non-hydrogen) atoms. The highest BCUT2D eigenvalue weighted by molar-refractivity contribution is 5.84. The van der Waals surface area contributed by atoms with Gasteiger partial charge in [-0.2, -0.15) is 0 Å². The number of hydrogen-bond donors (Lipinski definition) is 2. The summed E-state index contributed by atoms with van der Waals surface area (Å²) in [6.45, 7) is 2.96. The number of carbonyl (C=O) groups excluding carboxylic acids is 3. The monoisotopic (exact) mass is 426 g/mol. The van der Waals surface area contributed by atoms with E-state index in [0.29, 0.717) is 19.4 Å². The van der Waals surface area contributed by atoms with Crippen LogP contribution in [0.2, 0.25) is 0 Å². The Morgan fingerprint density at radius 1 is 0.600 bits per heavy atom. The Labute approximate surface area is 184 Å². The van der Waals surface area contributed by atoms with Crippen LogP contribution in [0.3, 0.4) is 0 Å². The van der Waals surface area contributed by atoms with Gasteiger partial charge >= 0.3 is 5.97 Å². The highest BCUT2D eigenvalue weighted by Crippen LogP contribution is 2.10. The Hall–Kier alpha value is -1.59. The fourth-order valence-corrected chi connectivity index (χ4v) is 3.36. The SMILES string of the molecule is CCCCCCCCC(=O)NCC(=O)NCCCCCCCCCCCC(=O)OC. The highest BCUT2D eigenvalue weighted by Gasteiger charge is 2.05. The van der Waals surface area contributed by atoms with Crippen molar-refractivity contribution < 1.29 is 19.1 Å². The van der Waals surface area contributed by atoms with E-state index >= 15 is 0 Å². The molecule has 2 N–H and O–H groups in total. The molecular formula is C24H46N2O4. The molecule has 0 bridgehead atoms. The van der Waals surface area contributed by atoms with Gasteiger partial charge in [0.15, 0.2) is 0 Å². The molecule has 6 nitrogen and oxygen atoms in total. The molecule has 0 aromatic carbocycles. The zero-order valence-corrected chi connectivity index (χ0v) is 19.6. The van der Waals surface area contributed by atoms with Gasteiger partial charge in [-0.05, 0) is 19.3 Å². The van der Waals surface area contributed by atoms with Crippen molar-refractivity contribution in [2.75, 3.05) is 20.2 Å². The van der Waals surface area contributed by atoms with Crippen molar-refractivity contribution in [1.29, 1.82) is 0 Å². The molecular weight excluding hydrogens is 380 g/mol. The minimum atomic E-state index is -0.113. The van der Waals surface area contributed by atoms with Crippen molar-refractivity contribution in [2.45, 2.75) is 116 Å². The number of nitrogens with one attached hydrogen (secondary N) is 2. The van der Waals surface area contributed by atoms with Gasteiger partial charge in [-0.1, -0.05) is 84.0 Å². The van der Waals surface area contributed by atoms with E-state index in [-0.39, 0.29) is 24.3 Å². The van der Waals surface area contributed by atoms with Crippen LogP contribution in [0.1, 0.15) is 116 Å². The molecule has 0 saturated carbocycles. The summed E-state index contributed by atoms with van der Waals surface area (Å²) in [5, 5.41) is 5.58. The summed E-state index contributed by atoms with van der Waals surface area (Å²) < 4.78 is 4.62. The molecule has 0 unspecified atom stereocenters. The average molecular weight is 427 g/mol. The summed E-state index contributed by atoms with van der Waals surface area (Å²) in [4.78, 5) is 34.5. The molecule has 0 aromatic heterocycles. The first-order valence-corrected chi connectivity index (χ1v) is 12.2. The number of rotatable bonds is 21. The Morgan fingerprint density at radius 2 is 1.10 bits per heavy atom. The van der Waals surface area contributed by atoms with Gasteiger partial charge < -0.3 is 15.4 Å². The van der Waals surface area contributed by atoms with E-state index in [0.717, 1.165) is 38.5 Å². The van der Waals surface area contributed by atoms with Gasteiger partial charge in [0.2, 0.25) is 11.8 Å². The number of methoxy groups -OCH3 is 1. The number of amides is 2. The van der Waals surface area contributed by atoms with Gasteiger partial charge in [-0.25, -0.2) is 0 Å². The van der Waals surface area contributed by atoms with Crippen LogP contribution in [0.25, 0.3) is 0 Å². The summed E-state index contributed by atoms with van der Waals surface area (Å²) >= 11 is 0. The molecule has 0 aliphatic rings. The first-order valence-electron chi connectivity index (χ1n) is 12.2. The van der Waals surface area contributed by atoms with Crippen LogP contribution in [0, 0.1) is 0 Å². The zero-order valence-electron chi connectivity index (χ0n) is 19.6. The second-order valence-corrected chi connectivity index (χ2v) is 8.15. The fraction of sp³-hybridized carbons (Fsp3) is 0.875. The predicted octanol–water partition coefficient (Wildman–Crippen LogP) is 5.04. The van der Waals surface area contributed by atoms with Gasteiger partial charge in [-0.3, -0.25) is 14.4 Å². The lowest BCUT2D eigenvalue weighted by atomic mass is 10.1. The molecule has 0 rings (SSSR count). The molecule has 0 atom stereocenters. The maximum absolute atomic E-state index is 11.8. The van der Waals surface area contributed by atoms with Crippen molar-refractivity contribution >= 4 is 17.8 Å². The highest BCUT2D eigenvalue weighted by atomic mass is 16.5. The number of hydrogen-bond acceptors (Lipinski definition) is 4. The fourth-order valence-electron chi connectivity index (χ4n) is 3.36. The normalized spacial score (nSPS) is 10.6. The number of carbonyl (C=O) groups is 3. The van der Waals surface area contributed by atoms with E-state index in [4.69, 9.17) is 0 Å². The molecule has 0 fully saturated rings. The molecule has 0 aliphatic heterocycles. The van der Waals surface area contributed by atoms with Crippen LogP contribution in [0.4, 0.5) is 0 Å². The largest absolute Gasteiger partial charge is 0.469 e. The third kappa shape index (κ3) is 21.1. The van der Waals surface area contributed by atoms with Crippen molar-refractivity contribution in [3.05, 3.63) is 0 Å². The summed E-state index contributed by atoms with van der Waals surface area (Å²) in [5.41, 5.74) is 0. The van der Waals surface area contributed by atoms with Crippen LogP contribution in [0.15, 0.2) is 0 Å². The van der Waals surface area contributed by atoms with E-state index in [9.17, 15) is 14.4 Å². The molecule has 0 heterocycles. The quantitative estimate of drug-likeness (QED) is 0.199. The second kappa shape index (κ2) is 22.1. The maximum Gasteiger partial charge on any atom is 0.305 e. The minimum absolute atomic E-state index is 0.0223. The molecule has 0 aliphatic carbocycles. The van der Waals surface area contributed by atoms with Crippen molar-refractivity contribution in [1.82, 2.24) is 10.6 Å². The van der Waals surface area contributed by atoms with Gasteiger partial charge in [-0.15, -0.1) is 0 Å². The number of ether oxygens (including phenoxy) is 1. The van der Waals surface area contributed by atoms with Gasteiger partial charge in [0.05, 0.1) is 13.7 Å². The van der Waals surface area contributed by atoms with Crippen molar-refractivity contribution in [3.8, 4) is 0 Å². The first kappa shape index (κ1) is 28.4. The minimum Gasteiger partial charge on any atom is -0.469 e. The summed E-state index contributed by atoms with van der Waals surface area (Å²) in [6, 6.07) is 0. The van der Waals surface area contributed by atoms with Crippen LogP contribution >= 0.6 is 0 Å². The van der Waals surface area contributed by atoms with E-state index in [1.165, 1.54) is 64.9 Å². The Morgan fingerprint density at radius 3 is 1.67 bits per heavy atom. The number of unbranched alkanes of at least 4 members (excludes halogenated alkanes) is 13. The summed E-state index contributed by atoms with van der Waals surface area (Å²) in [5.74, 6) is -0.234. The topological polar surface area (TPSA) is 84.5 Å². The van der Waals surface area contributed by atoms with Gasteiger partial charge in [0, 0.05) is 19.4 Å². The molecule has 0 saturated heterocycles. The molecule has 0 spiro atoms. The van der Waals surface area contributed by atoms with Crippen molar-refractivity contribution in [3.63, 3.8) is 0 Å². The molecule has 0 aromatic rings. The summed E-state index contributed by atoms with van der Waals surface area (Å²) in [7, 11) is 1.43. The van der Waals surface area contributed by atoms with Gasteiger partial charge in [0.1, 0.15) is 0 Å². The molecule has 0 radical (unpaired) electrons. The van der Waals surface area contributed by atoms with Crippen molar-refractivity contribution in [2.24, 2.45) is 0 Å². The molecule has 176 valence electrons. The zero-order chi connectivity index (χ0) is 22.3. The average Bonchev–Trinajstić information content (AvgIpc) is 2.75.